The lowest BCUT2D eigenvalue weighted by Gasteiger charge is -2.11. The number of methoxy groups -OCH3 is 3. The van der Waals surface area contributed by atoms with Gasteiger partial charge in [0, 0.05) is 19.8 Å². The van der Waals surface area contributed by atoms with Gasteiger partial charge in [-0.25, -0.2) is 0 Å². The van der Waals surface area contributed by atoms with Gasteiger partial charge < -0.3 is 19.3 Å². The van der Waals surface area contributed by atoms with Gasteiger partial charge in [-0.15, -0.1) is 0 Å². The fourth-order valence-electron chi connectivity index (χ4n) is 1.85. The maximum atomic E-state index is 12.2. The first-order chi connectivity index (χ1) is 11.1. The van der Waals surface area contributed by atoms with Gasteiger partial charge in [0.1, 0.15) is 17.6 Å². The number of hydrogen-bond donors (Lipinski definition) is 1. The number of aliphatic hydroxyl groups is 1. The van der Waals surface area contributed by atoms with Crippen LogP contribution in [0, 0.1) is 0 Å². The molecule has 5 heteroatoms. The quantitative estimate of drug-likeness (QED) is 0.859. The van der Waals surface area contributed by atoms with Gasteiger partial charge in [-0.1, -0.05) is 12.1 Å². The van der Waals surface area contributed by atoms with E-state index in [-0.39, 0.29) is 5.78 Å². The molecule has 0 aliphatic rings. The summed E-state index contributed by atoms with van der Waals surface area (Å²) in [6.07, 6.45) is -1.19. The second-order valence-electron chi connectivity index (χ2n) is 4.68. The minimum Gasteiger partial charge on any atom is -0.497 e. The van der Waals surface area contributed by atoms with Crippen molar-refractivity contribution in [3.8, 4) is 11.5 Å². The van der Waals surface area contributed by atoms with Crippen LogP contribution in [-0.2, 0) is 4.74 Å². The molecule has 0 bridgehead atoms. The van der Waals surface area contributed by atoms with E-state index in [9.17, 15) is 9.90 Å². The molecular formula is C18H22O5. The third-order valence-corrected chi connectivity index (χ3v) is 3.05. The smallest absolute Gasteiger partial charge is 0.195 e. The summed E-state index contributed by atoms with van der Waals surface area (Å²) >= 11 is 0. The number of ether oxygens (including phenoxy) is 3. The third kappa shape index (κ3) is 5.39. The summed E-state index contributed by atoms with van der Waals surface area (Å²) in [4.78, 5) is 12.2. The van der Waals surface area contributed by atoms with Crippen LogP contribution in [0.4, 0.5) is 0 Å². The lowest BCUT2D eigenvalue weighted by atomic mass is 10.00. The molecule has 0 radical (unpaired) electrons. The van der Waals surface area contributed by atoms with Crippen LogP contribution < -0.4 is 9.47 Å². The predicted molar refractivity (Wildman–Crippen MR) is 88.2 cm³/mol. The molecule has 0 saturated heterocycles. The summed E-state index contributed by atoms with van der Waals surface area (Å²) in [5.74, 6) is 0.996. The summed E-state index contributed by atoms with van der Waals surface area (Å²) in [5.41, 5.74) is 0.973. The highest BCUT2D eigenvalue weighted by Crippen LogP contribution is 2.22. The zero-order chi connectivity index (χ0) is 17.2. The van der Waals surface area contributed by atoms with Crippen molar-refractivity contribution < 1.29 is 24.1 Å². The molecule has 2 aromatic carbocycles. The van der Waals surface area contributed by atoms with Crippen LogP contribution >= 0.6 is 0 Å². The monoisotopic (exact) mass is 318 g/mol. The number of rotatable bonds is 5. The Balaban J connectivity index is 0.000000816. The molecule has 0 heterocycles. The maximum Gasteiger partial charge on any atom is 0.195 e. The van der Waals surface area contributed by atoms with Crippen molar-refractivity contribution in [1.82, 2.24) is 0 Å². The molecule has 23 heavy (non-hydrogen) atoms. The molecule has 2 rings (SSSR count). The molecule has 0 aliphatic carbocycles. The van der Waals surface area contributed by atoms with E-state index in [2.05, 4.69) is 4.74 Å². The summed E-state index contributed by atoms with van der Waals surface area (Å²) < 4.78 is 14.3. The second-order valence-corrected chi connectivity index (χ2v) is 4.68. The molecule has 0 aromatic heterocycles. The van der Waals surface area contributed by atoms with E-state index in [0.29, 0.717) is 22.6 Å². The second kappa shape index (κ2) is 9.61. The van der Waals surface area contributed by atoms with E-state index in [1.807, 2.05) is 0 Å². The van der Waals surface area contributed by atoms with Crippen LogP contribution in [-0.4, -0.2) is 39.3 Å². The number of carbonyl (C=O) groups is 1. The van der Waals surface area contributed by atoms with Gasteiger partial charge in [0.25, 0.3) is 0 Å². The fourth-order valence-corrected chi connectivity index (χ4v) is 1.85. The highest BCUT2D eigenvalue weighted by Gasteiger charge is 2.19. The van der Waals surface area contributed by atoms with Crippen molar-refractivity contribution in [1.29, 1.82) is 0 Å². The Morgan fingerprint density at radius 2 is 1.22 bits per heavy atom. The first-order valence-electron chi connectivity index (χ1n) is 6.97. The standard InChI is InChI=1S/C16H16O4.C2H6O/c1-19-13-7-3-11(4-8-13)15(17)16(18)12-5-9-14(20-2)10-6-12;1-3-2/h3-10,15,17H,1-2H3;1-2H3. The van der Waals surface area contributed by atoms with E-state index in [4.69, 9.17) is 9.47 Å². The van der Waals surface area contributed by atoms with E-state index < -0.39 is 6.10 Å². The minimum atomic E-state index is -1.19. The number of hydrogen-bond acceptors (Lipinski definition) is 5. The highest BCUT2D eigenvalue weighted by molar-refractivity contribution is 5.99. The topological polar surface area (TPSA) is 65.0 Å². The Kier molecular flexibility index (Phi) is 7.80. The normalized spacial score (nSPS) is 11.0. The summed E-state index contributed by atoms with van der Waals surface area (Å²) in [7, 11) is 6.37. The van der Waals surface area contributed by atoms with Gasteiger partial charge >= 0.3 is 0 Å². The van der Waals surface area contributed by atoms with Crippen LogP contribution in [0.3, 0.4) is 0 Å². The van der Waals surface area contributed by atoms with Gasteiger partial charge in [0.15, 0.2) is 5.78 Å². The van der Waals surface area contributed by atoms with Crippen LogP contribution in [0.25, 0.3) is 0 Å². The predicted octanol–water partition coefficient (Wildman–Crippen LogP) is 2.88. The number of Topliss-reactive ketones (excluding diaryl/α,β-unsaturated/α-hetero) is 1. The van der Waals surface area contributed by atoms with E-state index in [1.165, 1.54) is 0 Å². The molecule has 5 nitrogen and oxygen atoms in total. The molecule has 2 aromatic rings. The van der Waals surface area contributed by atoms with Gasteiger partial charge in [0.05, 0.1) is 14.2 Å². The van der Waals surface area contributed by atoms with Crippen LogP contribution in [0.5, 0.6) is 11.5 Å². The number of aliphatic hydroxyl groups excluding tert-OH is 1. The molecule has 0 amide bonds. The Hall–Kier alpha value is -2.37. The highest BCUT2D eigenvalue weighted by atomic mass is 16.5. The zero-order valence-corrected chi connectivity index (χ0v) is 13.8. The van der Waals surface area contributed by atoms with E-state index >= 15 is 0 Å². The van der Waals surface area contributed by atoms with Crippen molar-refractivity contribution in [2.45, 2.75) is 6.10 Å². The zero-order valence-electron chi connectivity index (χ0n) is 13.8. The third-order valence-electron chi connectivity index (χ3n) is 3.05. The van der Waals surface area contributed by atoms with E-state index in [1.54, 1.807) is 77.0 Å². The molecule has 1 atom stereocenters. The Bertz CT molecular complexity index is 590. The average molecular weight is 318 g/mol. The Labute approximate surface area is 136 Å². The lowest BCUT2D eigenvalue weighted by molar-refractivity contribution is 0.0747. The maximum absolute atomic E-state index is 12.2. The molecule has 0 aliphatic heterocycles. The largest absolute Gasteiger partial charge is 0.497 e. The lowest BCUT2D eigenvalue weighted by Crippen LogP contribution is -2.12. The fraction of sp³-hybridized carbons (Fsp3) is 0.278. The van der Waals surface area contributed by atoms with Crippen LogP contribution in [0.2, 0.25) is 0 Å². The number of ketones is 1. The number of benzene rings is 2. The minimum absolute atomic E-state index is 0.349. The van der Waals surface area contributed by atoms with Gasteiger partial charge in [0.2, 0.25) is 0 Å². The molecule has 0 spiro atoms. The molecular weight excluding hydrogens is 296 g/mol. The SMILES string of the molecule is COC.COc1ccc(C(=O)C(O)c2ccc(OC)cc2)cc1. The van der Waals surface area contributed by atoms with Gasteiger partial charge in [-0.3, -0.25) is 4.79 Å². The molecule has 0 saturated carbocycles. The summed E-state index contributed by atoms with van der Waals surface area (Å²) in [6.45, 7) is 0. The Morgan fingerprint density at radius 3 is 1.61 bits per heavy atom. The Morgan fingerprint density at radius 1 is 0.826 bits per heavy atom. The average Bonchev–Trinajstić information content (AvgIpc) is 2.61. The van der Waals surface area contributed by atoms with Gasteiger partial charge in [-0.05, 0) is 42.0 Å². The van der Waals surface area contributed by atoms with E-state index in [0.717, 1.165) is 0 Å². The van der Waals surface area contributed by atoms with Crippen molar-refractivity contribution in [3.05, 3.63) is 59.7 Å². The van der Waals surface area contributed by atoms with Crippen molar-refractivity contribution in [2.75, 3.05) is 28.4 Å². The van der Waals surface area contributed by atoms with Gasteiger partial charge in [-0.2, -0.15) is 0 Å². The van der Waals surface area contributed by atoms with Crippen molar-refractivity contribution >= 4 is 5.78 Å². The first-order valence-corrected chi connectivity index (χ1v) is 6.97. The molecule has 1 N–H and O–H groups in total. The van der Waals surface area contributed by atoms with Crippen LogP contribution in [0.1, 0.15) is 22.0 Å². The molecule has 1 unspecified atom stereocenters. The first kappa shape index (κ1) is 18.7. The summed E-state index contributed by atoms with van der Waals surface area (Å²) in [5, 5.41) is 10.1. The number of carbonyl (C=O) groups excluding carboxylic acids is 1. The van der Waals surface area contributed by atoms with Crippen LogP contribution in [0.15, 0.2) is 48.5 Å². The van der Waals surface area contributed by atoms with Crippen molar-refractivity contribution in [2.24, 2.45) is 0 Å². The molecule has 124 valence electrons. The summed E-state index contributed by atoms with van der Waals surface area (Å²) in [6, 6.07) is 13.4. The van der Waals surface area contributed by atoms with Crippen molar-refractivity contribution in [3.63, 3.8) is 0 Å². The molecule has 0 fully saturated rings.